The van der Waals surface area contributed by atoms with Gasteiger partial charge in [0.25, 0.3) is 17.5 Å². The standard InChI is InChI=1S/C18H24N4O3.C14H17N3O/c1-19-11-13-21(14-12-19)18(23)16-5-4-6-17(22(24)25)15(16)7-10-20-8-2-3-9-20;1-16-7-9-17(10-8-16)14(18)12-3-2-4-13-11(12)5-6-15-13/h4-7,10H,2-3,8-9,11-14H2,1H3;2-6,15H,7-10H2,1H3. The number of benzene rings is 2. The van der Waals surface area contributed by atoms with E-state index in [2.05, 4.69) is 26.7 Å². The van der Waals surface area contributed by atoms with Gasteiger partial charge in [-0.15, -0.1) is 0 Å². The van der Waals surface area contributed by atoms with Crippen LogP contribution in [0.4, 0.5) is 5.69 Å². The lowest BCUT2D eigenvalue weighted by Crippen LogP contribution is -2.47. The molecule has 11 heteroatoms. The Hall–Kier alpha value is -4.22. The van der Waals surface area contributed by atoms with E-state index in [0.717, 1.165) is 81.7 Å². The fourth-order valence-electron chi connectivity index (χ4n) is 5.78. The highest BCUT2D eigenvalue weighted by atomic mass is 16.6. The molecule has 3 aromatic rings. The fraction of sp³-hybridized carbons (Fsp3) is 0.438. The van der Waals surface area contributed by atoms with Crippen LogP contribution in [0.5, 0.6) is 0 Å². The lowest BCUT2D eigenvalue weighted by molar-refractivity contribution is -0.385. The van der Waals surface area contributed by atoms with Crippen LogP contribution < -0.4 is 0 Å². The second-order valence-electron chi connectivity index (χ2n) is 11.5. The molecule has 2 aromatic carbocycles. The molecule has 0 unspecified atom stereocenters. The van der Waals surface area contributed by atoms with Gasteiger partial charge in [-0.05, 0) is 63.5 Å². The lowest BCUT2D eigenvalue weighted by atomic mass is 10.0. The fourth-order valence-corrected chi connectivity index (χ4v) is 5.78. The molecule has 1 aromatic heterocycles. The number of aromatic amines is 1. The highest BCUT2D eigenvalue weighted by Crippen LogP contribution is 2.26. The third kappa shape index (κ3) is 7.23. The molecule has 2 amide bonds. The number of nitro benzene ring substituents is 1. The monoisotopic (exact) mass is 587 g/mol. The second-order valence-corrected chi connectivity index (χ2v) is 11.5. The van der Waals surface area contributed by atoms with Crippen LogP contribution in [-0.4, -0.2) is 126 Å². The summed E-state index contributed by atoms with van der Waals surface area (Å²) in [6.45, 7) is 8.38. The Morgan fingerprint density at radius 1 is 0.767 bits per heavy atom. The summed E-state index contributed by atoms with van der Waals surface area (Å²) in [4.78, 5) is 49.9. The maximum absolute atomic E-state index is 12.9. The van der Waals surface area contributed by atoms with Gasteiger partial charge in [-0.1, -0.05) is 12.1 Å². The smallest absolute Gasteiger partial charge is 0.277 e. The van der Waals surface area contributed by atoms with Crippen LogP contribution in [0, 0.1) is 10.1 Å². The zero-order valence-electron chi connectivity index (χ0n) is 25.1. The van der Waals surface area contributed by atoms with Crippen molar-refractivity contribution in [2.24, 2.45) is 0 Å². The molecule has 3 fully saturated rings. The lowest BCUT2D eigenvalue weighted by Gasteiger charge is -2.32. The maximum Gasteiger partial charge on any atom is 0.277 e. The van der Waals surface area contributed by atoms with Crippen molar-refractivity contribution in [1.82, 2.24) is 29.5 Å². The average molecular weight is 588 g/mol. The van der Waals surface area contributed by atoms with Crippen LogP contribution in [0.15, 0.2) is 54.9 Å². The third-order valence-corrected chi connectivity index (χ3v) is 8.51. The van der Waals surface area contributed by atoms with E-state index in [0.29, 0.717) is 24.2 Å². The number of carbonyl (C=O) groups excluding carboxylic acids is 2. The molecule has 0 atom stereocenters. The molecule has 11 nitrogen and oxygen atoms in total. The molecule has 3 aliphatic heterocycles. The molecule has 228 valence electrons. The quantitative estimate of drug-likeness (QED) is 0.359. The Morgan fingerprint density at radius 2 is 1.33 bits per heavy atom. The van der Waals surface area contributed by atoms with Crippen LogP contribution >= 0.6 is 0 Å². The first kappa shape index (κ1) is 30.2. The average Bonchev–Trinajstić information content (AvgIpc) is 3.73. The van der Waals surface area contributed by atoms with E-state index in [4.69, 9.17) is 0 Å². The number of nitrogens with zero attached hydrogens (tertiary/aromatic N) is 6. The van der Waals surface area contributed by atoms with Crippen molar-refractivity contribution in [3.8, 4) is 0 Å². The number of nitro groups is 1. The summed E-state index contributed by atoms with van der Waals surface area (Å²) >= 11 is 0. The Bertz CT molecular complexity index is 1460. The van der Waals surface area contributed by atoms with E-state index in [1.54, 1.807) is 23.1 Å². The number of aromatic nitrogens is 1. The van der Waals surface area contributed by atoms with Gasteiger partial charge in [-0.25, -0.2) is 0 Å². The van der Waals surface area contributed by atoms with Gasteiger partial charge in [-0.3, -0.25) is 19.7 Å². The predicted octanol–water partition coefficient (Wildman–Crippen LogP) is 3.60. The number of amides is 2. The molecule has 3 saturated heterocycles. The second kappa shape index (κ2) is 13.8. The molecule has 0 aliphatic carbocycles. The number of nitrogens with one attached hydrogen (secondary N) is 1. The summed E-state index contributed by atoms with van der Waals surface area (Å²) < 4.78 is 0. The Balaban J connectivity index is 0.000000180. The Morgan fingerprint density at radius 3 is 1.93 bits per heavy atom. The van der Waals surface area contributed by atoms with Crippen molar-refractivity contribution >= 4 is 34.5 Å². The van der Waals surface area contributed by atoms with Crippen molar-refractivity contribution in [3.63, 3.8) is 0 Å². The summed E-state index contributed by atoms with van der Waals surface area (Å²) in [6, 6.07) is 12.6. The first-order valence-corrected chi connectivity index (χ1v) is 15.0. The van der Waals surface area contributed by atoms with E-state index < -0.39 is 4.92 Å². The van der Waals surface area contributed by atoms with Gasteiger partial charge in [0.05, 0.1) is 16.1 Å². The van der Waals surface area contributed by atoms with E-state index >= 15 is 0 Å². The van der Waals surface area contributed by atoms with Crippen LogP contribution in [0.25, 0.3) is 17.0 Å². The van der Waals surface area contributed by atoms with Gasteiger partial charge < -0.3 is 29.5 Å². The van der Waals surface area contributed by atoms with E-state index in [1.807, 2.05) is 48.6 Å². The molecule has 0 bridgehead atoms. The van der Waals surface area contributed by atoms with Crippen LogP contribution in [0.1, 0.15) is 39.1 Å². The number of likely N-dealkylation sites (tertiary alicyclic amines) is 1. The molecule has 0 radical (unpaired) electrons. The summed E-state index contributed by atoms with van der Waals surface area (Å²) in [7, 11) is 4.12. The van der Waals surface area contributed by atoms with Crippen LogP contribution in [-0.2, 0) is 0 Å². The van der Waals surface area contributed by atoms with E-state index in [-0.39, 0.29) is 17.5 Å². The molecule has 43 heavy (non-hydrogen) atoms. The molecule has 0 saturated carbocycles. The largest absolute Gasteiger partial charge is 0.377 e. The van der Waals surface area contributed by atoms with Gasteiger partial charge in [-0.2, -0.15) is 0 Å². The van der Waals surface area contributed by atoms with Crippen molar-refractivity contribution in [2.75, 3.05) is 79.5 Å². The number of likely N-dealkylation sites (N-methyl/N-ethyl adjacent to an activating group) is 2. The van der Waals surface area contributed by atoms with Crippen molar-refractivity contribution in [1.29, 1.82) is 0 Å². The van der Waals surface area contributed by atoms with Gasteiger partial charge in [0.1, 0.15) is 0 Å². The van der Waals surface area contributed by atoms with Crippen molar-refractivity contribution in [2.45, 2.75) is 12.8 Å². The molecular formula is C32H41N7O4. The Kier molecular flexibility index (Phi) is 9.73. The molecule has 1 N–H and O–H groups in total. The summed E-state index contributed by atoms with van der Waals surface area (Å²) in [5.41, 5.74) is 2.63. The minimum atomic E-state index is -0.412. The number of hydrogen-bond donors (Lipinski definition) is 1. The Labute approximate surface area is 252 Å². The highest BCUT2D eigenvalue weighted by Gasteiger charge is 2.26. The van der Waals surface area contributed by atoms with E-state index in [1.165, 1.54) is 6.07 Å². The number of carbonyl (C=O) groups is 2. The van der Waals surface area contributed by atoms with Crippen LogP contribution in [0.3, 0.4) is 0 Å². The summed E-state index contributed by atoms with van der Waals surface area (Å²) in [5.74, 6) is 0.0196. The van der Waals surface area contributed by atoms with Crippen molar-refractivity contribution in [3.05, 3.63) is 81.7 Å². The first-order chi connectivity index (χ1) is 20.8. The SMILES string of the molecule is CN1CCN(C(=O)c2cccc([N+](=O)[O-])c2C=CN2CCCC2)CC1.CN1CCN(C(=O)c2cccc3[nH]ccc23)CC1. The molecule has 0 spiro atoms. The predicted molar refractivity (Wildman–Crippen MR) is 168 cm³/mol. The van der Waals surface area contributed by atoms with Crippen molar-refractivity contribution < 1.29 is 14.5 Å². The molecular weight excluding hydrogens is 546 g/mol. The number of piperazine rings is 2. The van der Waals surface area contributed by atoms with E-state index in [9.17, 15) is 19.7 Å². The number of H-pyrrole nitrogens is 1. The minimum Gasteiger partial charge on any atom is -0.377 e. The first-order valence-electron chi connectivity index (χ1n) is 15.0. The van der Waals surface area contributed by atoms with Gasteiger partial charge in [0.15, 0.2) is 0 Å². The molecule has 3 aliphatic rings. The third-order valence-electron chi connectivity index (χ3n) is 8.51. The minimum absolute atomic E-state index is 0.0181. The number of rotatable bonds is 5. The van der Waals surface area contributed by atoms with Gasteiger partial charge in [0, 0.05) is 94.2 Å². The zero-order valence-corrected chi connectivity index (χ0v) is 25.1. The number of fused-ring (bicyclic) bond motifs is 1. The van der Waals surface area contributed by atoms with Crippen LogP contribution in [0.2, 0.25) is 0 Å². The summed E-state index contributed by atoms with van der Waals surface area (Å²) in [5, 5.41) is 12.5. The molecule has 4 heterocycles. The van der Waals surface area contributed by atoms with Gasteiger partial charge >= 0.3 is 0 Å². The summed E-state index contributed by atoms with van der Waals surface area (Å²) in [6.07, 6.45) is 7.76. The van der Waals surface area contributed by atoms with Gasteiger partial charge in [0.2, 0.25) is 0 Å². The zero-order chi connectivity index (χ0) is 30.3. The number of hydrogen-bond acceptors (Lipinski definition) is 7. The topological polar surface area (TPSA) is 109 Å². The maximum atomic E-state index is 12.9. The molecule has 6 rings (SSSR count). The normalized spacial score (nSPS) is 18.2. The highest BCUT2D eigenvalue weighted by molar-refractivity contribution is 6.06.